The van der Waals surface area contributed by atoms with Crippen LogP contribution in [0.3, 0.4) is 0 Å². The van der Waals surface area contributed by atoms with E-state index < -0.39 is 50.4 Å². The van der Waals surface area contributed by atoms with Crippen molar-refractivity contribution >= 4 is 27.7 Å². The van der Waals surface area contributed by atoms with Crippen LogP contribution in [0.2, 0.25) is 0 Å². The molecule has 13 heteroatoms. The smallest absolute Gasteiger partial charge is 0.407 e. The lowest BCUT2D eigenvalue weighted by Crippen LogP contribution is -2.58. The number of anilines is 1. The van der Waals surface area contributed by atoms with E-state index in [2.05, 4.69) is 16.0 Å². The molecule has 3 aliphatic rings. The maximum Gasteiger partial charge on any atom is 0.407 e. The number of nitrogens with zero attached hydrogens (tertiary/aromatic N) is 1. The van der Waals surface area contributed by atoms with Crippen molar-refractivity contribution in [2.45, 2.75) is 107 Å². The summed E-state index contributed by atoms with van der Waals surface area (Å²) in [6, 6.07) is 8.77. The van der Waals surface area contributed by atoms with Gasteiger partial charge in [0.05, 0.1) is 24.1 Å². The van der Waals surface area contributed by atoms with Crippen molar-refractivity contribution in [3.05, 3.63) is 65.2 Å². The van der Waals surface area contributed by atoms with Crippen molar-refractivity contribution in [3.8, 4) is 0 Å². The molecule has 3 fully saturated rings. The highest BCUT2D eigenvalue weighted by Gasteiger charge is 2.47. The van der Waals surface area contributed by atoms with Crippen molar-refractivity contribution in [1.82, 2.24) is 14.9 Å². The Balaban J connectivity index is 1.43. The zero-order valence-corrected chi connectivity index (χ0v) is 29.1. The van der Waals surface area contributed by atoms with Gasteiger partial charge < -0.3 is 25.4 Å². The summed E-state index contributed by atoms with van der Waals surface area (Å²) >= 11 is 0. The molecule has 2 aromatic rings. The molecule has 48 heavy (non-hydrogen) atoms. The highest BCUT2D eigenvalue weighted by Crippen LogP contribution is 2.40. The number of benzene rings is 2. The van der Waals surface area contributed by atoms with Gasteiger partial charge in [-0.05, 0) is 102 Å². The van der Waals surface area contributed by atoms with Gasteiger partial charge in [-0.3, -0.25) is 4.79 Å². The fraction of sp³-hybridized carbons (Fsp3) is 0.600. The lowest BCUT2D eigenvalue weighted by Gasteiger charge is -2.40. The lowest BCUT2D eigenvalue weighted by molar-refractivity contribution is -0.120. The zero-order valence-electron chi connectivity index (χ0n) is 28.3. The van der Waals surface area contributed by atoms with Gasteiger partial charge in [0, 0.05) is 42.3 Å². The van der Waals surface area contributed by atoms with E-state index in [9.17, 15) is 22.4 Å². The van der Waals surface area contributed by atoms with Crippen molar-refractivity contribution in [2.24, 2.45) is 5.92 Å². The zero-order chi connectivity index (χ0) is 34.8. The molecule has 7 atom stereocenters. The number of carbonyl (C=O) groups excluding carboxylic acids is 2. The number of rotatable bonds is 9. The quantitative estimate of drug-likeness (QED) is 0.335. The minimum Gasteiger partial charge on any atom is -0.453 e. The Morgan fingerprint density at radius 1 is 1.10 bits per heavy atom. The molecule has 0 aliphatic carbocycles. The van der Waals surface area contributed by atoms with E-state index in [0.717, 1.165) is 6.42 Å². The van der Waals surface area contributed by atoms with Crippen LogP contribution < -0.4 is 16.0 Å². The van der Waals surface area contributed by atoms with Gasteiger partial charge in [-0.1, -0.05) is 18.2 Å². The van der Waals surface area contributed by atoms with Gasteiger partial charge in [0.2, 0.25) is 15.9 Å². The molecule has 0 aromatic heterocycles. The molecule has 2 amide bonds. The van der Waals surface area contributed by atoms with Crippen LogP contribution >= 0.6 is 0 Å². The Kier molecular flexibility index (Phi) is 11.1. The third-order valence-electron chi connectivity index (χ3n) is 10.3. The van der Waals surface area contributed by atoms with Crippen LogP contribution in [0.4, 0.5) is 19.3 Å². The highest BCUT2D eigenvalue weighted by molar-refractivity contribution is 7.90. The Hall–Kier alpha value is -3.13. The fourth-order valence-corrected chi connectivity index (χ4v) is 9.62. The first-order chi connectivity index (χ1) is 22.7. The third kappa shape index (κ3) is 7.85. The first kappa shape index (κ1) is 36.2. The first-order valence-corrected chi connectivity index (χ1v) is 18.2. The summed E-state index contributed by atoms with van der Waals surface area (Å²) in [6.45, 7) is 8.22. The van der Waals surface area contributed by atoms with E-state index in [1.165, 1.54) is 31.4 Å². The van der Waals surface area contributed by atoms with Crippen LogP contribution in [0, 0.1) is 17.6 Å². The number of alkyl carbamates (subject to hydrolysis) is 1. The summed E-state index contributed by atoms with van der Waals surface area (Å²) in [5.41, 5.74) is 1.12. The van der Waals surface area contributed by atoms with Gasteiger partial charge in [-0.15, -0.1) is 0 Å². The summed E-state index contributed by atoms with van der Waals surface area (Å²) in [7, 11) is -2.40. The predicted molar refractivity (Wildman–Crippen MR) is 179 cm³/mol. The summed E-state index contributed by atoms with van der Waals surface area (Å²) in [6.07, 6.45) is 1.95. The summed E-state index contributed by atoms with van der Waals surface area (Å²) in [4.78, 5) is 26.9. The molecule has 5 rings (SSSR count). The van der Waals surface area contributed by atoms with Gasteiger partial charge in [-0.2, -0.15) is 4.31 Å². The number of amides is 2. The first-order valence-electron chi connectivity index (χ1n) is 16.8. The maximum absolute atomic E-state index is 15.5. The van der Waals surface area contributed by atoms with Gasteiger partial charge in [0.1, 0.15) is 17.7 Å². The standard InChI is InChI=1S/C35H48F2N4O6S/c1-21-17-24(18-22(2)47-21)31(23-9-11-25(36)12-10-23)32(40-34(43)46-5)33(42)39-30-8-6-7-29(37)28(30)14-13-27-19-38-26-15-16-35(3,4)48(44,45)41(27)20-26/h6-12,21-22,24,26-27,31-32,38H,13-20H2,1-5H3,(H,39,42)(H,40,43). The Labute approximate surface area is 282 Å². The molecule has 7 unspecified atom stereocenters. The van der Waals surface area contributed by atoms with Crippen LogP contribution in [0.25, 0.3) is 0 Å². The average Bonchev–Trinajstić information content (AvgIpc) is 3.09. The highest BCUT2D eigenvalue weighted by atomic mass is 32.2. The van der Waals surface area contributed by atoms with E-state index >= 15 is 4.39 Å². The van der Waals surface area contributed by atoms with Crippen LogP contribution in [0.1, 0.15) is 76.8 Å². The number of sulfonamides is 1. The van der Waals surface area contributed by atoms with Crippen LogP contribution in [0.15, 0.2) is 42.5 Å². The number of hydrogen-bond donors (Lipinski definition) is 3. The van der Waals surface area contributed by atoms with Crippen molar-refractivity contribution < 1.29 is 36.3 Å². The molecule has 264 valence electrons. The van der Waals surface area contributed by atoms with E-state index in [4.69, 9.17) is 9.47 Å². The van der Waals surface area contributed by atoms with Gasteiger partial charge >= 0.3 is 6.09 Å². The van der Waals surface area contributed by atoms with E-state index in [-0.39, 0.29) is 47.9 Å². The number of piperazine rings is 1. The molecule has 3 saturated heterocycles. The SMILES string of the molecule is COC(=O)NC(C(=O)Nc1cccc(F)c1CCC1CNC2CCC(C)(C)S(=O)(=O)N1C2)C(c1ccc(F)cc1)C1CC(C)OC(C)C1. The van der Waals surface area contributed by atoms with Gasteiger partial charge in [0.15, 0.2) is 0 Å². The van der Waals surface area contributed by atoms with Gasteiger partial charge in [0.25, 0.3) is 0 Å². The van der Waals surface area contributed by atoms with Crippen LogP contribution in [0.5, 0.6) is 0 Å². The van der Waals surface area contributed by atoms with Gasteiger partial charge in [-0.25, -0.2) is 22.0 Å². The molecule has 3 N–H and O–H groups in total. The third-order valence-corrected chi connectivity index (χ3v) is 12.9. The number of nitrogens with one attached hydrogen (secondary N) is 3. The molecule has 2 aromatic carbocycles. The Bertz CT molecular complexity index is 1560. The van der Waals surface area contributed by atoms with E-state index in [1.807, 2.05) is 13.8 Å². The number of methoxy groups -OCH3 is 1. The monoisotopic (exact) mass is 690 g/mol. The predicted octanol–water partition coefficient (Wildman–Crippen LogP) is 5.09. The maximum atomic E-state index is 15.5. The van der Waals surface area contributed by atoms with Crippen molar-refractivity contribution in [1.29, 1.82) is 0 Å². The molecule has 0 spiro atoms. The molecule has 2 bridgehead atoms. The summed E-state index contributed by atoms with van der Waals surface area (Å²) in [5.74, 6) is -2.27. The largest absolute Gasteiger partial charge is 0.453 e. The van der Waals surface area contributed by atoms with Crippen molar-refractivity contribution in [2.75, 3.05) is 25.5 Å². The summed E-state index contributed by atoms with van der Waals surface area (Å²) in [5, 5.41) is 9.05. The van der Waals surface area contributed by atoms with E-state index in [1.54, 1.807) is 36.4 Å². The Morgan fingerprint density at radius 3 is 2.46 bits per heavy atom. The average molecular weight is 691 g/mol. The topological polar surface area (TPSA) is 126 Å². The number of halogens is 2. The number of fused-ring (bicyclic) bond motifs is 2. The molecule has 3 heterocycles. The second-order valence-corrected chi connectivity index (χ2v) is 16.6. The molecule has 3 aliphatic heterocycles. The Morgan fingerprint density at radius 2 is 1.79 bits per heavy atom. The molecule has 10 nitrogen and oxygen atoms in total. The molecule has 0 saturated carbocycles. The minimum absolute atomic E-state index is 0.0658. The second kappa shape index (κ2) is 14.8. The number of hydrogen-bond acceptors (Lipinski definition) is 7. The number of ether oxygens (including phenoxy) is 2. The number of carbonyl (C=O) groups is 2. The minimum atomic E-state index is -3.60. The fourth-order valence-electron chi connectivity index (χ4n) is 7.66. The van der Waals surface area contributed by atoms with E-state index in [0.29, 0.717) is 44.3 Å². The van der Waals surface area contributed by atoms with Crippen LogP contribution in [-0.4, -0.2) is 80.0 Å². The molecular formula is C35H48F2N4O6S. The lowest BCUT2D eigenvalue weighted by atomic mass is 9.74. The normalized spacial score (nSPS) is 29.1. The van der Waals surface area contributed by atoms with Crippen LogP contribution in [-0.2, 0) is 30.7 Å². The summed E-state index contributed by atoms with van der Waals surface area (Å²) < 4.78 is 68.3. The molecular weight excluding hydrogens is 642 g/mol. The second-order valence-electron chi connectivity index (χ2n) is 14.1. The molecule has 0 radical (unpaired) electrons. The van der Waals surface area contributed by atoms with Crippen molar-refractivity contribution in [3.63, 3.8) is 0 Å².